The normalized spacial score (nSPS) is 19.8. The summed E-state index contributed by atoms with van der Waals surface area (Å²) in [5, 5.41) is 37.4. The van der Waals surface area contributed by atoms with E-state index in [1.54, 1.807) is 11.9 Å². The summed E-state index contributed by atoms with van der Waals surface area (Å²) >= 11 is 0. The third kappa shape index (κ3) is 5.04. The molecule has 2 aliphatic rings. The molecule has 2 unspecified atom stereocenters. The second kappa shape index (κ2) is 10.5. The van der Waals surface area contributed by atoms with E-state index in [-0.39, 0.29) is 47.1 Å². The Kier molecular flexibility index (Phi) is 7.09. The summed E-state index contributed by atoms with van der Waals surface area (Å²) < 4.78 is 47.1. The average Bonchev–Trinajstić information content (AvgIpc) is 3.36. The number of aliphatic hydroxyl groups is 1. The number of aromatic nitrogens is 1. The highest BCUT2D eigenvalue weighted by atomic mass is 19.1. The van der Waals surface area contributed by atoms with Gasteiger partial charge in [0, 0.05) is 25.6 Å². The maximum atomic E-state index is 15.5. The number of nitrogens with two attached hydrogens (primary N) is 1. The van der Waals surface area contributed by atoms with Gasteiger partial charge < -0.3 is 40.2 Å². The molecule has 1 aromatic heterocycles. The number of pyridine rings is 1. The molecule has 1 saturated carbocycles. The molecule has 1 aliphatic heterocycles. The van der Waals surface area contributed by atoms with E-state index >= 15 is 4.39 Å². The van der Waals surface area contributed by atoms with Crippen LogP contribution < -0.4 is 19.9 Å². The van der Waals surface area contributed by atoms with Crippen molar-refractivity contribution >= 4 is 17.6 Å². The molecule has 214 valence electrons. The molecule has 0 amide bonds. The van der Waals surface area contributed by atoms with Crippen molar-refractivity contribution in [3.05, 3.63) is 65.4 Å². The SMILES string of the molecule is CN1CCN=C1c1cc(OC2(C(=O)O)CCC2O)ccc1Oc1c(F)cnc(Oc2cc(C(=N)N)ccc2O)c1F. The number of halogens is 2. The number of rotatable bonds is 9. The molecule has 2 aromatic carbocycles. The lowest BCUT2D eigenvalue weighted by Gasteiger charge is -2.42. The van der Waals surface area contributed by atoms with Crippen LogP contribution in [0.25, 0.3) is 0 Å². The van der Waals surface area contributed by atoms with Crippen LogP contribution in [0.1, 0.15) is 24.0 Å². The fourth-order valence-corrected chi connectivity index (χ4v) is 4.39. The molecule has 0 bridgehead atoms. The summed E-state index contributed by atoms with van der Waals surface area (Å²) in [4.78, 5) is 21.7. The van der Waals surface area contributed by atoms with Crippen LogP contribution in [0.15, 0.2) is 47.6 Å². The van der Waals surface area contributed by atoms with Crippen LogP contribution in [-0.4, -0.2) is 74.7 Å². The van der Waals surface area contributed by atoms with Crippen LogP contribution in [0.4, 0.5) is 8.78 Å². The van der Waals surface area contributed by atoms with Crippen LogP contribution in [-0.2, 0) is 4.79 Å². The van der Waals surface area contributed by atoms with Crippen molar-refractivity contribution in [1.29, 1.82) is 5.41 Å². The molecule has 1 fully saturated rings. The van der Waals surface area contributed by atoms with E-state index < -0.39 is 46.7 Å². The van der Waals surface area contributed by atoms with Gasteiger partial charge in [-0.1, -0.05) is 0 Å². The van der Waals surface area contributed by atoms with Crippen molar-refractivity contribution < 1.29 is 43.1 Å². The summed E-state index contributed by atoms with van der Waals surface area (Å²) in [5.74, 6) is -5.97. The molecule has 5 rings (SSSR count). The minimum Gasteiger partial charge on any atom is -0.504 e. The predicted molar refractivity (Wildman–Crippen MR) is 140 cm³/mol. The van der Waals surface area contributed by atoms with Gasteiger partial charge in [0.15, 0.2) is 17.3 Å². The second-order valence-corrected chi connectivity index (χ2v) is 9.49. The zero-order valence-corrected chi connectivity index (χ0v) is 21.6. The minimum atomic E-state index is -1.82. The average molecular weight is 570 g/mol. The third-order valence-corrected chi connectivity index (χ3v) is 6.83. The largest absolute Gasteiger partial charge is 0.504 e. The quantitative estimate of drug-likeness (QED) is 0.190. The first-order valence-corrected chi connectivity index (χ1v) is 12.4. The predicted octanol–water partition coefficient (Wildman–Crippen LogP) is 2.98. The fourth-order valence-electron chi connectivity index (χ4n) is 4.39. The Hall–Kier alpha value is -4.98. The van der Waals surface area contributed by atoms with E-state index in [1.165, 1.54) is 36.4 Å². The number of likely N-dealkylation sites (N-methyl/N-ethyl adjacent to an activating group) is 1. The smallest absolute Gasteiger partial charge is 0.350 e. The first-order valence-electron chi connectivity index (χ1n) is 12.4. The van der Waals surface area contributed by atoms with Crippen molar-refractivity contribution in [3.8, 4) is 34.6 Å². The molecule has 14 heteroatoms. The van der Waals surface area contributed by atoms with E-state index in [2.05, 4.69) is 9.98 Å². The number of carboxylic acid groups (broad SMARTS) is 1. The number of benzene rings is 2. The van der Waals surface area contributed by atoms with E-state index in [9.17, 15) is 24.5 Å². The lowest BCUT2D eigenvalue weighted by Crippen LogP contribution is -2.61. The maximum Gasteiger partial charge on any atom is 0.350 e. The Morgan fingerprint density at radius 3 is 2.59 bits per heavy atom. The summed E-state index contributed by atoms with van der Waals surface area (Å²) in [6.45, 7) is 0.989. The van der Waals surface area contributed by atoms with Crippen molar-refractivity contribution in [2.45, 2.75) is 24.5 Å². The van der Waals surface area contributed by atoms with Gasteiger partial charge in [0.25, 0.3) is 5.88 Å². The zero-order chi connectivity index (χ0) is 29.5. The Balaban J connectivity index is 1.51. The minimum absolute atomic E-state index is 0.0419. The third-order valence-electron chi connectivity index (χ3n) is 6.83. The molecule has 0 spiro atoms. The number of hydrogen-bond donors (Lipinski definition) is 5. The van der Waals surface area contributed by atoms with E-state index in [0.717, 1.165) is 0 Å². The summed E-state index contributed by atoms with van der Waals surface area (Å²) in [6.07, 6.45) is -0.179. The van der Waals surface area contributed by atoms with Crippen LogP contribution in [0.5, 0.6) is 34.6 Å². The number of hydrogen-bond acceptors (Lipinski definition) is 10. The lowest BCUT2D eigenvalue weighted by atomic mass is 9.76. The molecule has 12 nitrogen and oxygen atoms in total. The van der Waals surface area contributed by atoms with Gasteiger partial charge in [0.05, 0.1) is 18.3 Å². The Morgan fingerprint density at radius 1 is 1.20 bits per heavy atom. The van der Waals surface area contributed by atoms with Crippen LogP contribution in [0, 0.1) is 17.0 Å². The topological polar surface area (TPSA) is 184 Å². The molecule has 3 aromatic rings. The van der Waals surface area contributed by atoms with Crippen molar-refractivity contribution in [1.82, 2.24) is 9.88 Å². The molecule has 41 heavy (non-hydrogen) atoms. The molecule has 2 heterocycles. The number of aliphatic carboxylic acids is 1. The maximum absolute atomic E-state index is 15.5. The standard InChI is InChI=1S/C27H25F2N5O7/c1-34-9-8-32-24(34)15-11-14(41-27(26(37)38)7-6-20(27)36)3-5-18(15)39-22-16(28)12-33-25(21(22)29)40-19-10-13(23(30)31)2-4-17(19)35/h2-5,10-12,20,35-36H,6-9H2,1H3,(H3,30,31)(H,37,38). The van der Waals surface area contributed by atoms with Crippen LogP contribution in [0.2, 0.25) is 0 Å². The number of aromatic hydroxyl groups is 1. The van der Waals surface area contributed by atoms with E-state index in [4.69, 9.17) is 25.4 Å². The van der Waals surface area contributed by atoms with Gasteiger partial charge >= 0.3 is 5.97 Å². The fraction of sp³-hybridized carbons (Fsp3) is 0.259. The van der Waals surface area contributed by atoms with Gasteiger partial charge in [-0.05, 0) is 42.8 Å². The Morgan fingerprint density at radius 2 is 1.98 bits per heavy atom. The second-order valence-electron chi connectivity index (χ2n) is 9.49. The van der Waals surface area contributed by atoms with E-state index in [0.29, 0.717) is 25.1 Å². The highest BCUT2D eigenvalue weighted by Crippen LogP contribution is 2.41. The highest BCUT2D eigenvalue weighted by molar-refractivity contribution is 6.02. The molecule has 6 N–H and O–H groups in total. The van der Waals surface area contributed by atoms with Crippen LogP contribution >= 0.6 is 0 Å². The van der Waals surface area contributed by atoms with Crippen molar-refractivity contribution in [2.75, 3.05) is 20.1 Å². The molecular formula is C27H25F2N5O7. The summed E-state index contributed by atoms with van der Waals surface area (Å²) in [6, 6.07) is 7.85. The van der Waals surface area contributed by atoms with Gasteiger partial charge in [-0.2, -0.15) is 4.39 Å². The number of aliphatic imine (C=N–C) groups is 1. The van der Waals surface area contributed by atoms with E-state index in [1.807, 2.05) is 0 Å². The molecule has 0 radical (unpaired) electrons. The first-order chi connectivity index (χ1) is 19.5. The molecule has 0 saturated heterocycles. The Bertz CT molecular complexity index is 1580. The van der Waals surface area contributed by atoms with Crippen molar-refractivity contribution in [3.63, 3.8) is 0 Å². The summed E-state index contributed by atoms with van der Waals surface area (Å²) in [5.41, 5.74) is 4.08. The number of aliphatic hydroxyl groups excluding tert-OH is 1. The number of phenolic OH excluding ortho intramolecular Hbond substituents is 1. The number of phenols is 1. The highest BCUT2D eigenvalue weighted by Gasteiger charge is 2.55. The van der Waals surface area contributed by atoms with Gasteiger partial charge in [-0.15, -0.1) is 0 Å². The van der Waals surface area contributed by atoms with Gasteiger partial charge in [-0.25, -0.2) is 14.2 Å². The monoisotopic (exact) mass is 569 g/mol. The van der Waals surface area contributed by atoms with Gasteiger partial charge in [0.1, 0.15) is 29.3 Å². The molecular weight excluding hydrogens is 544 g/mol. The molecule has 1 aliphatic carbocycles. The summed E-state index contributed by atoms with van der Waals surface area (Å²) in [7, 11) is 1.75. The number of nitrogens with one attached hydrogen (secondary N) is 1. The Labute approximate surface area is 231 Å². The molecule has 2 atom stereocenters. The zero-order valence-electron chi connectivity index (χ0n) is 21.6. The number of carboxylic acids is 1. The number of ether oxygens (including phenoxy) is 3. The van der Waals surface area contributed by atoms with Crippen molar-refractivity contribution in [2.24, 2.45) is 10.7 Å². The number of nitrogens with zero attached hydrogens (tertiary/aromatic N) is 3. The van der Waals surface area contributed by atoms with Crippen LogP contribution in [0.3, 0.4) is 0 Å². The first kappa shape index (κ1) is 27.6. The van der Waals surface area contributed by atoms with Gasteiger partial charge in [-0.3, -0.25) is 10.4 Å². The number of nitrogen functional groups attached to an aromatic ring is 1. The number of amidine groups is 2. The lowest BCUT2D eigenvalue weighted by molar-refractivity contribution is -0.184. The van der Waals surface area contributed by atoms with Gasteiger partial charge in [0.2, 0.25) is 17.2 Å². The number of carbonyl (C=O) groups is 1.